The van der Waals surface area contributed by atoms with E-state index in [1.54, 1.807) is 12.1 Å². The first-order chi connectivity index (χ1) is 16.9. The second-order valence-corrected chi connectivity index (χ2v) is 11.2. The fourth-order valence-electron chi connectivity index (χ4n) is 5.41. The number of benzene rings is 2. The minimum atomic E-state index is -3.75. The normalized spacial score (nSPS) is 21.2. The molecule has 3 atom stereocenters. The third-order valence-corrected chi connectivity index (χ3v) is 8.59. The summed E-state index contributed by atoms with van der Waals surface area (Å²) in [4.78, 5) is 20.9. The second kappa shape index (κ2) is 9.47. The molecule has 0 radical (unpaired) electrons. The van der Waals surface area contributed by atoms with Gasteiger partial charge in [-0.3, -0.25) is 4.79 Å². The quantitative estimate of drug-likeness (QED) is 0.345. The number of aromatic nitrogens is 1. The van der Waals surface area contributed by atoms with Crippen LogP contribution in [0.15, 0.2) is 58.5 Å². The average Bonchev–Trinajstić information content (AvgIpc) is 3.23. The van der Waals surface area contributed by atoms with Crippen LogP contribution in [0.1, 0.15) is 42.1 Å². The maximum absolute atomic E-state index is 13.0. The van der Waals surface area contributed by atoms with Gasteiger partial charge in [-0.15, -0.1) is 0 Å². The lowest BCUT2D eigenvalue weighted by molar-refractivity contribution is -0.140. The number of amides is 1. The highest BCUT2D eigenvalue weighted by atomic mass is 32.2. The summed E-state index contributed by atoms with van der Waals surface area (Å²) in [6, 6.07) is 14.7. The molecule has 0 unspecified atom stereocenters. The molecule has 3 heterocycles. The van der Waals surface area contributed by atoms with Gasteiger partial charge >= 0.3 is 0 Å². The fraction of sp³-hybridized carbons (Fsp3) is 0.385. The molecule has 35 heavy (non-hydrogen) atoms. The number of nitrogens with zero attached hydrogens (tertiary/aromatic N) is 2. The van der Waals surface area contributed by atoms with Gasteiger partial charge in [-0.05, 0) is 61.8 Å². The molecule has 0 bridgehead atoms. The molecule has 8 nitrogen and oxygen atoms in total. The molecule has 9 heteroatoms. The Morgan fingerprint density at radius 3 is 2.77 bits per heavy atom. The monoisotopic (exact) mass is 494 g/mol. The van der Waals surface area contributed by atoms with Crippen molar-refractivity contribution in [2.45, 2.75) is 43.5 Å². The molecule has 0 aliphatic carbocycles. The van der Waals surface area contributed by atoms with Crippen molar-refractivity contribution in [2.75, 3.05) is 13.2 Å². The van der Waals surface area contributed by atoms with E-state index in [1.165, 1.54) is 29.3 Å². The van der Waals surface area contributed by atoms with Crippen molar-refractivity contribution in [1.82, 2.24) is 14.7 Å². The number of aliphatic hydroxyl groups excluding tert-OH is 1. The number of rotatable bonds is 7. The molecule has 5 rings (SSSR count). The molecule has 2 aliphatic heterocycles. The number of aryl methyl sites for hydroxylation is 1. The number of hydrogen-bond acceptors (Lipinski definition) is 5. The second-order valence-electron chi connectivity index (χ2n) is 9.51. The maximum atomic E-state index is 13.0. The van der Waals surface area contributed by atoms with Crippen LogP contribution < -0.4 is 4.83 Å². The first-order valence-corrected chi connectivity index (χ1v) is 13.5. The smallest absolute Gasteiger partial charge is 0.276 e. The molecule has 0 saturated carbocycles. The van der Waals surface area contributed by atoms with Crippen LogP contribution in [-0.2, 0) is 21.2 Å². The zero-order chi connectivity index (χ0) is 24.6. The van der Waals surface area contributed by atoms with E-state index >= 15 is 0 Å². The van der Waals surface area contributed by atoms with E-state index in [2.05, 4.69) is 27.0 Å². The number of sulfonamides is 1. The Balaban J connectivity index is 1.28. The first-order valence-electron chi connectivity index (χ1n) is 12.0. The number of carbonyl (C=O) groups is 1. The van der Waals surface area contributed by atoms with Crippen molar-refractivity contribution < 1.29 is 18.3 Å². The van der Waals surface area contributed by atoms with E-state index in [1.807, 2.05) is 24.0 Å². The summed E-state index contributed by atoms with van der Waals surface area (Å²) in [5, 5.41) is 15.2. The van der Waals surface area contributed by atoms with Gasteiger partial charge in [-0.2, -0.15) is 13.5 Å². The summed E-state index contributed by atoms with van der Waals surface area (Å²) < 4.78 is 24.8. The summed E-state index contributed by atoms with van der Waals surface area (Å²) >= 11 is 0. The minimum absolute atomic E-state index is 0.0220. The fourth-order valence-corrected chi connectivity index (χ4v) is 6.23. The van der Waals surface area contributed by atoms with Crippen molar-refractivity contribution in [1.29, 1.82) is 0 Å². The first kappa shape index (κ1) is 23.6. The van der Waals surface area contributed by atoms with Crippen LogP contribution in [0.3, 0.4) is 0 Å². The van der Waals surface area contributed by atoms with Crippen LogP contribution >= 0.6 is 0 Å². The minimum Gasteiger partial charge on any atom is -0.396 e. The van der Waals surface area contributed by atoms with Gasteiger partial charge in [0.25, 0.3) is 10.0 Å². The molecule has 184 valence electrons. The Kier molecular flexibility index (Phi) is 6.37. The number of carbonyl (C=O) groups excluding carboxylic acids is 1. The molecule has 3 aromatic rings. The molecule has 1 aromatic heterocycles. The molecule has 1 amide bonds. The third-order valence-electron chi connectivity index (χ3n) is 7.35. The van der Waals surface area contributed by atoms with Gasteiger partial charge in [0.05, 0.1) is 10.9 Å². The van der Waals surface area contributed by atoms with Crippen molar-refractivity contribution in [3.63, 3.8) is 0 Å². The Hall–Kier alpha value is -3.17. The van der Waals surface area contributed by atoms with Crippen LogP contribution in [0.2, 0.25) is 0 Å². The molecule has 2 aliphatic rings. The highest BCUT2D eigenvalue weighted by Gasteiger charge is 2.41. The predicted molar refractivity (Wildman–Crippen MR) is 134 cm³/mol. The summed E-state index contributed by atoms with van der Waals surface area (Å²) in [5.41, 5.74) is 4.44. The average molecular weight is 495 g/mol. The molecule has 3 N–H and O–H groups in total. The van der Waals surface area contributed by atoms with E-state index in [0.29, 0.717) is 19.4 Å². The zero-order valence-corrected chi connectivity index (χ0v) is 20.5. The van der Waals surface area contributed by atoms with Gasteiger partial charge in [-0.25, -0.2) is 4.83 Å². The highest BCUT2D eigenvalue weighted by Crippen LogP contribution is 2.43. The number of piperidine rings is 1. The van der Waals surface area contributed by atoms with Crippen LogP contribution in [0.25, 0.3) is 10.9 Å². The number of fused-ring (bicyclic) bond motifs is 5. The molecule has 1 fully saturated rings. The number of hydrogen-bond donors (Lipinski definition) is 3. The Morgan fingerprint density at radius 2 is 2.00 bits per heavy atom. The zero-order valence-electron chi connectivity index (χ0n) is 19.6. The van der Waals surface area contributed by atoms with Gasteiger partial charge in [-0.1, -0.05) is 35.9 Å². The van der Waals surface area contributed by atoms with Crippen molar-refractivity contribution in [3.05, 3.63) is 65.4 Å². The van der Waals surface area contributed by atoms with E-state index in [9.17, 15) is 18.3 Å². The van der Waals surface area contributed by atoms with E-state index in [4.69, 9.17) is 0 Å². The lowest BCUT2D eigenvalue weighted by Crippen LogP contribution is -2.46. The molecule has 0 spiro atoms. The van der Waals surface area contributed by atoms with Gasteiger partial charge in [0.1, 0.15) is 0 Å². The summed E-state index contributed by atoms with van der Waals surface area (Å²) in [7, 11) is -3.75. The Bertz CT molecular complexity index is 1360. The lowest BCUT2D eigenvalue weighted by Gasteiger charge is -2.43. The van der Waals surface area contributed by atoms with Crippen molar-refractivity contribution >= 4 is 33.0 Å². The summed E-state index contributed by atoms with van der Waals surface area (Å²) in [6.45, 7) is 2.50. The number of H-pyrrole nitrogens is 1. The number of para-hydroxylation sites is 1. The van der Waals surface area contributed by atoms with E-state index in [-0.39, 0.29) is 35.3 Å². The van der Waals surface area contributed by atoms with Crippen LogP contribution in [0.5, 0.6) is 0 Å². The molecule has 1 saturated heterocycles. The highest BCUT2D eigenvalue weighted by molar-refractivity contribution is 7.89. The van der Waals surface area contributed by atoms with E-state index in [0.717, 1.165) is 29.6 Å². The largest absolute Gasteiger partial charge is 0.396 e. The third kappa shape index (κ3) is 4.58. The number of nitrogens with one attached hydrogen (secondary N) is 2. The van der Waals surface area contributed by atoms with Gasteiger partial charge < -0.3 is 15.0 Å². The maximum Gasteiger partial charge on any atom is 0.276 e. The van der Waals surface area contributed by atoms with Crippen LogP contribution in [0, 0.1) is 18.8 Å². The SMILES string of the molecule is Cc1ccc(S(=O)(=O)N/N=C/C[C@H](CO)[C@H]2CC(=O)N3CCc4c([nH]c5ccccc45)[C@@H]3C2)cc1. The van der Waals surface area contributed by atoms with E-state index < -0.39 is 10.0 Å². The van der Waals surface area contributed by atoms with Gasteiger partial charge in [0.15, 0.2) is 0 Å². The Morgan fingerprint density at radius 1 is 1.23 bits per heavy atom. The molecular weight excluding hydrogens is 464 g/mol. The number of aliphatic hydroxyl groups is 1. The lowest BCUT2D eigenvalue weighted by atomic mass is 9.77. The van der Waals surface area contributed by atoms with Crippen LogP contribution in [-0.4, -0.2) is 48.7 Å². The van der Waals surface area contributed by atoms with Crippen molar-refractivity contribution in [2.24, 2.45) is 16.9 Å². The number of aromatic amines is 1. The standard InChI is InChI=1S/C26H30N4O4S/c1-17-6-8-20(9-7-17)35(33,34)29-27-12-10-18(16-31)19-14-24-26-22(11-13-30(24)25(32)15-19)21-4-2-3-5-23(21)28-26/h2-9,12,18-19,24,28-29,31H,10-11,13-16H2,1H3/b27-12+/t18-,19-,24+/m1/s1. The predicted octanol–water partition coefficient (Wildman–Crippen LogP) is 3.28. The molecule has 2 aromatic carbocycles. The van der Waals surface area contributed by atoms with Gasteiger partial charge in [0, 0.05) is 42.4 Å². The summed E-state index contributed by atoms with van der Waals surface area (Å²) in [5.74, 6) is -0.110. The van der Waals surface area contributed by atoms with Crippen LogP contribution in [0.4, 0.5) is 0 Å². The summed E-state index contributed by atoms with van der Waals surface area (Å²) in [6.07, 6.45) is 3.82. The topological polar surface area (TPSA) is 115 Å². The van der Waals surface area contributed by atoms with Crippen molar-refractivity contribution in [3.8, 4) is 0 Å². The number of hydrazone groups is 1. The molecular formula is C26H30N4O4S. The Labute approximate surface area is 205 Å². The van der Waals surface area contributed by atoms with Gasteiger partial charge in [0.2, 0.25) is 5.91 Å².